The lowest BCUT2D eigenvalue weighted by molar-refractivity contribution is 0.165. The van der Waals surface area contributed by atoms with Gasteiger partial charge in [-0.05, 0) is 36.5 Å². The van der Waals surface area contributed by atoms with Crippen LogP contribution in [0.25, 0.3) is 17.2 Å². The largest absolute Gasteiger partial charge is 0.333 e. The van der Waals surface area contributed by atoms with E-state index in [9.17, 15) is 10.1 Å². The van der Waals surface area contributed by atoms with Gasteiger partial charge in [0.05, 0.1) is 29.4 Å². The van der Waals surface area contributed by atoms with E-state index in [0.29, 0.717) is 17.4 Å². The van der Waals surface area contributed by atoms with E-state index >= 15 is 0 Å². The summed E-state index contributed by atoms with van der Waals surface area (Å²) in [6.45, 7) is 4.52. The van der Waals surface area contributed by atoms with Gasteiger partial charge < -0.3 is 10.6 Å². The van der Waals surface area contributed by atoms with Crippen LogP contribution in [-0.2, 0) is 0 Å². The van der Waals surface area contributed by atoms with Gasteiger partial charge in [0.2, 0.25) is 0 Å². The molecule has 1 saturated carbocycles. The molecular formula is C23H24N4O. The molecule has 5 heteroatoms. The van der Waals surface area contributed by atoms with Gasteiger partial charge in [-0.1, -0.05) is 44.2 Å². The molecule has 1 aliphatic heterocycles. The lowest BCUT2D eigenvalue weighted by atomic mass is 9.69. The summed E-state index contributed by atoms with van der Waals surface area (Å²) in [7, 11) is 0. The quantitative estimate of drug-likeness (QED) is 0.855. The number of pyridine rings is 1. The molecule has 28 heavy (non-hydrogen) atoms. The van der Waals surface area contributed by atoms with Gasteiger partial charge in [-0.2, -0.15) is 5.26 Å². The van der Waals surface area contributed by atoms with Gasteiger partial charge in [-0.25, -0.2) is 4.79 Å². The summed E-state index contributed by atoms with van der Waals surface area (Å²) in [5, 5.41) is 15.4. The molecule has 1 aromatic carbocycles. The number of hydrogen-bond donors (Lipinski definition) is 2. The van der Waals surface area contributed by atoms with Crippen LogP contribution in [0.4, 0.5) is 4.79 Å². The van der Waals surface area contributed by atoms with Crippen molar-refractivity contribution in [2.24, 2.45) is 17.8 Å². The average molecular weight is 372 g/mol. The summed E-state index contributed by atoms with van der Waals surface area (Å²) < 4.78 is 0. The van der Waals surface area contributed by atoms with E-state index in [1.807, 2.05) is 48.7 Å². The molecule has 1 saturated heterocycles. The molecule has 0 bridgehead atoms. The molecule has 2 amide bonds. The van der Waals surface area contributed by atoms with Crippen molar-refractivity contribution in [3.8, 4) is 17.2 Å². The Labute approximate surface area is 165 Å². The Hall–Kier alpha value is -3.13. The van der Waals surface area contributed by atoms with Gasteiger partial charge in [0.1, 0.15) is 0 Å². The van der Waals surface area contributed by atoms with E-state index in [1.54, 1.807) is 0 Å². The zero-order valence-electron chi connectivity index (χ0n) is 16.1. The first kappa shape index (κ1) is 18.2. The Morgan fingerprint density at radius 1 is 1.18 bits per heavy atom. The Bertz CT molecular complexity index is 944. The molecule has 1 aliphatic carbocycles. The van der Waals surface area contributed by atoms with Crippen LogP contribution in [0.2, 0.25) is 0 Å². The molecule has 4 rings (SSSR count). The van der Waals surface area contributed by atoms with E-state index in [4.69, 9.17) is 0 Å². The molecule has 2 fully saturated rings. The molecule has 5 nitrogen and oxygen atoms in total. The summed E-state index contributed by atoms with van der Waals surface area (Å²) >= 11 is 0. The second kappa shape index (κ2) is 7.47. The number of carbonyl (C=O) groups is 1. The molecule has 0 unspecified atom stereocenters. The second-order valence-electron chi connectivity index (χ2n) is 7.89. The summed E-state index contributed by atoms with van der Waals surface area (Å²) in [4.78, 5) is 16.3. The standard InChI is InChI=1S/C23H24N4O/c1-14-11-21-22(27-23(28)26-21)19(15(14)2)10-9-18-8-7-17(13-25-18)20-6-4-3-5-16(20)12-24/h3-10,13-15,19,21-22H,11H2,1-2H3,(H2,26,27,28)/b10-9+/t14-,15+,19-,21-,22+/m0/s1. The van der Waals surface area contributed by atoms with E-state index in [1.165, 1.54) is 0 Å². The van der Waals surface area contributed by atoms with Gasteiger partial charge in [-0.15, -0.1) is 0 Å². The summed E-state index contributed by atoms with van der Waals surface area (Å²) in [6, 6.07) is 14.0. The summed E-state index contributed by atoms with van der Waals surface area (Å²) in [6.07, 6.45) is 7.06. The number of nitrogens with zero attached hydrogens (tertiary/aromatic N) is 2. The summed E-state index contributed by atoms with van der Waals surface area (Å²) in [5.74, 6) is 1.31. The number of nitriles is 1. The van der Waals surface area contributed by atoms with Crippen LogP contribution in [0.5, 0.6) is 0 Å². The first-order valence-electron chi connectivity index (χ1n) is 9.77. The molecule has 2 aliphatic rings. The molecular weight excluding hydrogens is 348 g/mol. The SMILES string of the molecule is C[C@H]1[C@H](/C=C/c2ccc(-c3ccccc3C#N)cn2)[C@H]2NC(=O)N[C@H]2C[C@@H]1C. The second-order valence-corrected chi connectivity index (χ2v) is 7.89. The van der Waals surface area contributed by atoms with Gasteiger partial charge >= 0.3 is 6.03 Å². The van der Waals surface area contributed by atoms with E-state index < -0.39 is 0 Å². The monoisotopic (exact) mass is 372 g/mol. The highest BCUT2D eigenvalue weighted by molar-refractivity contribution is 5.77. The van der Waals surface area contributed by atoms with Crippen LogP contribution >= 0.6 is 0 Å². The molecule has 1 aromatic heterocycles. The molecule has 142 valence electrons. The minimum atomic E-state index is -0.0617. The molecule has 2 heterocycles. The van der Waals surface area contributed by atoms with Gasteiger partial charge in [-0.3, -0.25) is 4.98 Å². The van der Waals surface area contributed by atoms with Crippen LogP contribution < -0.4 is 10.6 Å². The van der Waals surface area contributed by atoms with Crippen LogP contribution in [0.1, 0.15) is 31.5 Å². The maximum Gasteiger partial charge on any atom is 0.315 e. The Morgan fingerprint density at radius 2 is 2.00 bits per heavy atom. The van der Waals surface area contributed by atoms with Crippen LogP contribution in [0.3, 0.4) is 0 Å². The first-order valence-corrected chi connectivity index (χ1v) is 9.77. The van der Waals surface area contributed by atoms with E-state index in [-0.39, 0.29) is 24.0 Å². The molecule has 2 N–H and O–H groups in total. The van der Waals surface area contributed by atoms with E-state index in [2.05, 4.69) is 41.6 Å². The van der Waals surface area contributed by atoms with Crippen molar-refractivity contribution >= 4 is 12.1 Å². The predicted octanol–water partition coefficient (Wildman–Crippen LogP) is 3.98. The zero-order valence-corrected chi connectivity index (χ0v) is 16.1. The molecule has 0 spiro atoms. The number of amides is 2. The van der Waals surface area contributed by atoms with Crippen molar-refractivity contribution in [1.29, 1.82) is 5.26 Å². The Balaban J connectivity index is 1.54. The highest BCUT2D eigenvalue weighted by atomic mass is 16.2. The zero-order chi connectivity index (χ0) is 19.7. The van der Waals surface area contributed by atoms with Crippen molar-refractivity contribution < 1.29 is 4.79 Å². The van der Waals surface area contributed by atoms with E-state index in [0.717, 1.165) is 23.2 Å². The highest BCUT2D eigenvalue weighted by Crippen LogP contribution is 2.37. The van der Waals surface area contributed by atoms with Crippen LogP contribution in [0.15, 0.2) is 48.7 Å². The van der Waals surface area contributed by atoms with Crippen molar-refractivity contribution in [2.75, 3.05) is 0 Å². The lowest BCUT2D eigenvalue weighted by Crippen LogP contribution is -2.48. The number of carbonyl (C=O) groups excluding carboxylic acids is 1. The number of hydrogen-bond acceptors (Lipinski definition) is 3. The smallest absolute Gasteiger partial charge is 0.315 e. The predicted molar refractivity (Wildman–Crippen MR) is 109 cm³/mol. The van der Waals surface area contributed by atoms with Gasteiger partial charge in [0.25, 0.3) is 0 Å². The lowest BCUT2D eigenvalue weighted by Gasteiger charge is -2.40. The summed E-state index contributed by atoms with van der Waals surface area (Å²) in [5.41, 5.74) is 3.34. The third kappa shape index (κ3) is 3.38. The normalized spacial score (nSPS) is 29.0. The number of fused-ring (bicyclic) bond motifs is 1. The van der Waals surface area contributed by atoms with Crippen molar-refractivity contribution in [2.45, 2.75) is 32.4 Å². The number of nitrogens with one attached hydrogen (secondary N) is 2. The maximum atomic E-state index is 11.8. The first-order chi connectivity index (χ1) is 13.6. The fourth-order valence-corrected chi connectivity index (χ4v) is 4.44. The number of aromatic nitrogens is 1. The van der Waals surface area contributed by atoms with Crippen molar-refractivity contribution in [1.82, 2.24) is 15.6 Å². The third-order valence-corrected chi connectivity index (χ3v) is 6.23. The minimum Gasteiger partial charge on any atom is -0.333 e. The van der Waals surface area contributed by atoms with Crippen molar-refractivity contribution in [3.05, 3.63) is 59.9 Å². The number of urea groups is 1. The van der Waals surface area contributed by atoms with Gasteiger partial charge in [0.15, 0.2) is 0 Å². The maximum absolute atomic E-state index is 11.8. The van der Waals surface area contributed by atoms with Crippen LogP contribution in [-0.4, -0.2) is 23.1 Å². The number of benzene rings is 1. The Morgan fingerprint density at radius 3 is 2.75 bits per heavy atom. The average Bonchev–Trinajstić information content (AvgIpc) is 3.08. The molecule has 5 atom stereocenters. The molecule has 0 radical (unpaired) electrons. The Kier molecular flexibility index (Phi) is 4.87. The molecule has 2 aromatic rings. The number of rotatable bonds is 3. The van der Waals surface area contributed by atoms with Crippen molar-refractivity contribution in [3.63, 3.8) is 0 Å². The fraction of sp³-hybridized carbons (Fsp3) is 0.348. The topological polar surface area (TPSA) is 77.8 Å². The highest BCUT2D eigenvalue weighted by Gasteiger charge is 2.44. The fourth-order valence-electron chi connectivity index (χ4n) is 4.44. The third-order valence-electron chi connectivity index (χ3n) is 6.23. The minimum absolute atomic E-state index is 0.0617. The van der Waals surface area contributed by atoms with Gasteiger partial charge in [0, 0.05) is 23.2 Å². The van der Waals surface area contributed by atoms with Crippen LogP contribution in [0, 0.1) is 29.1 Å².